The lowest BCUT2D eigenvalue weighted by Gasteiger charge is -1.99. The zero-order chi connectivity index (χ0) is 11.8. The Morgan fingerprint density at radius 3 is 2.82 bits per heavy atom. The van der Waals surface area contributed by atoms with Crippen molar-refractivity contribution in [2.75, 3.05) is 0 Å². The first-order valence-corrected chi connectivity index (χ1v) is 5.56. The van der Waals surface area contributed by atoms with Gasteiger partial charge in [-0.1, -0.05) is 23.7 Å². The molecule has 1 heterocycles. The van der Waals surface area contributed by atoms with E-state index in [9.17, 15) is 4.39 Å². The number of halogens is 2. The molecule has 0 amide bonds. The number of hydrogen-bond acceptors (Lipinski definition) is 0. The highest BCUT2D eigenvalue weighted by Crippen LogP contribution is 2.26. The van der Waals surface area contributed by atoms with Crippen molar-refractivity contribution in [2.45, 2.75) is 0 Å². The van der Waals surface area contributed by atoms with Crippen molar-refractivity contribution in [3.63, 3.8) is 0 Å². The molecule has 0 fully saturated rings. The van der Waals surface area contributed by atoms with E-state index in [1.165, 1.54) is 6.07 Å². The zero-order valence-electron chi connectivity index (χ0n) is 8.80. The molecule has 3 heteroatoms. The second-order valence-corrected chi connectivity index (χ2v) is 4.23. The molecule has 3 aromatic rings. The van der Waals surface area contributed by atoms with Crippen molar-refractivity contribution in [3.05, 3.63) is 59.4 Å². The average Bonchev–Trinajstić information content (AvgIpc) is 2.76. The standard InChI is InChI=1S/C14H8ClFN/c15-11-6-5-10(7-12(11)16)14-8-9-3-1-2-4-13(9)17-14/h2-8,17H. The molecule has 1 radical (unpaired) electrons. The maximum Gasteiger partial charge on any atom is 0.142 e. The summed E-state index contributed by atoms with van der Waals surface area (Å²) in [7, 11) is 0. The van der Waals surface area contributed by atoms with E-state index in [1.807, 2.05) is 24.3 Å². The largest absolute Gasteiger partial charge is 0.355 e. The zero-order valence-corrected chi connectivity index (χ0v) is 9.55. The van der Waals surface area contributed by atoms with Gasteiger partial charge in [0.25, 0.3) is 0 Å². The van der Waals surface area contributed by atoms with E-state index >= 15 is 0 Å². The van der Waals surface area contributed by atoms with Crippen LogP contribution in [0.4, 0.5) is 4.39 Å². The van der Waals surface area contributed by atoms with Crippen LogP contribution in [-0.4, -0.2) is 4.98 Å². The van der Waals surface area contributed by atoms with Crippen molar-refractivity contribution in [1.29, 1.82) is 0 Å². The van der Waals surface area contributed by atoms with Crippen LogP contribution in [-0.2, 0) is 0 Å². The Morgan fingerprint density at radius 2 is 2.06 bits per heavy atom. The number of hydrogen-bond donors (Lipinski definition) is 1. The van der Waals surface area contributed by atoms with Crippen LogP contribution < -0.4 is 0 Å². The fourth-order valence-corrected chi connectivity index (χ4v) is 1.95. The molecule has 0 aliphatic rings. The molecule has 0 aliphatic heterocycles. The van der Waals surface area contributed by atoms with Gasteiger partial charge in [0, 0.05) is 22.2 Å². The van der Waals surface area contributed by atoms with E-state index < -0.39 is 5.82 Å². The smallest absolute Gasteiger partial charge is 0.142 e. The molecule has 3 rings (SSSR count). The molecule has 0 saturated heterocycles. The first kappa shape index (κ1) is 10.4. The summed E-state index contributed by atoms with van der Waals surface area (Å²) in [6.45, 7) is 0. The van der Waals surface area contributed by atoms with Crippen LogP contribution >= 0.6 is 11.6 Å². The highest BCUT2D eigenvalue weighted by atomic mass is 35.5. The molecule has 17 heavy (non-hydrogen) atoms. The van der Waals surface area contributed by atoms with Crippen LogP contribution in [0.5, 0.6) is 0 Å². The van der Waals surface area contributed by atoms with Gasteiger partial charge >= 0.3 is 0 Å². The summed E-state index contributed by atoms with van der Waals surface area (Å²) >= 11 is 5.66. The molecule has 83 valence electrons. The molecular weight excluding hydrogens is 237 g/mol. The lowest BCUT2D eigenvalue weighted by molar-refractivity contribution is 0.628. The molecule has 0 unspecified atom stereocenters. The van der Waals surface area contributed by atoms with Gasteiger partial charge < -0.3 is 4.98 Å². The van der Waals surface area contributed by atoms with Crippen LogP contribution in [0.2, 0.25) is 5.02 Å². The van der Waals surface area contributed by atoms with Crippen molar-refractivity contribution >= 4 is 22.5 Å². The number of fused-ring (bicyclic) bond motifs is 1. The molecule has 0 spiro atoms. The van der Waals surface area contributed by atoms with Crippen LogP contribution in [0.15, 0.2) is 42.5 Å². The number of rotatable bonds is 1. The van der Waals surface area contributed by atoms with Crippen molar-refractivity contribution in [1.82, 2.24) is 4.98 Å². The Balaban J connectivity index is 2.17. The summed E-state index contributed by atoms with van der Waals surface area (Å²) in [5.74, 6) is -0.408. The van der Waals surface area contributed by atoms with E-state index in [4.69, 9.17) is 11.6 Å². The van der Waals surface area contributed by atoms with Crippen LogP contribution in [0.1, 0.15) is 0 Å². The van der Waals surface area contributed by atoms with E-state index in [1.54, 1.807) is 12.1 Å². The molecule has 0 aliphatic carbocycles. The number of nitrogens with one attached hydrogen (secondary N) is 1. The maximum absolute atomic E-state index is 13.4. The molecule has 0 bridgehead atoms. The third-order valence-corrected chi connectivity index (χ3v) is 3.00. The van der Waals surface area contributed by atoms with Gasteiger partial charge in [-0.15, -0.1) is 0 Å². The van der Waals surface area contributed by atoms with Gasteiger partial charge in [0.15, 0.2) is 0 Å². The Labute approximate surface area is 103 Å². The molecule has 1 aromatic heterocycles. The summed E-state index contributed by atoms with van der Waals surface area (Å²) in [5, 5.41) is 1.19. The highest BCUT2D eigenvalue weighted by molar-refractivity contribution is 6.30. The Morgan fingerprint density at radius 1 is 1.18 bits per heavy atom. The van der Waals surface area contributed by atoms with E-state index in [2.05, 4.69) is 11.1 Å². The first-order chi connectivity index (χ1) is 8.24. The predicted octanol–water partition coefficient (Wildman–Crippen LogP) is 4.43. The second-order valence-electron chi connectivity index (χ2n) is 3.83. The molecule has 2 aromatic carbocycles. The third kappa shape index (κ3) is 1.81. The van der Waals surface area contributed by atoms with Crippen LogP contribution in [0.25, 0.3) is 22.2 Å². The number of aromatic amines is 1. The number of aromatic nitrogens is 1. The molecule has 1 N–H and O–H groups in total. The van der Waals surface area contributed by atoms with Gasteiger partial charge in [-0.25, -0.2) is 4.39 Å². The van der Waals surface area contributed by atoms with Gasteiger partial charge in [0.05, 0.1) is 5.02 Å². The predicted molar refractivity (Wildman–Crippen MR) is 67.5 cm³/mol. The van der Waals surface area contributed by atoms with Crippen molar-refractivity contribution in [2.24, 2.45) is 0 Å². The van der Waals surface area contributed by atoms with E-state index in [0.717, 1.165) is 22.2 Å². The number of benzene rings is 2. The fraction of sp³-hybridized carbons (Fsp3) is 0. The minimum atomic E-state index is -0.408. The van der Waals surface area contributed by atoms with Gasteiger partial charge in [0.2, 0.25) is 0 Å². The minimum absolute atomic E-state index is 0.137. The molecule has 1 nitrogen and oxygen atoms in total. The van der Waals surface area contributed by atoms with Gasteiger partial charge in [-0.3, -0.25) is 0 Å². The normalized spacial score (nSPS) is 10.9. The van der Waals surface area contributed by atoms with Crippen molar-refractivity contribution in [3.8, 4) is 11.3 Å². The second kappa shape index (κ2) is 3.90. The molecule has 0 atom stereocenters. The van der Waals surface area contributed by atoms with Crippen LogP contribution in [0, 0.1) is 11.9 Å². The summed E-state index contributed by atoms with van der Waals surface area (Å²) in [5.41, 5.74) is 2.66. The minimum Gasteiger partial charge on any atom is -0.355 e. The van der Waals surface area contributed by atoms with Crippen molar-refractivity contribution < 1.29 is 4.39 Å². The fourth-order valence-electron chi connectivity index (χ4n) is 1.83. The van der Waals surface area contributed by atoms with Gasteiger partial charge in [-0.2, -0.15) is 0 Å². The quantitative estimate of drug-likeness (QED) is 0.652. The first-order valence-electron chi connectivity index (χ1n) is 5.18. The maximum atomic E-state index is 13.4. The lowest BCUT2D eigenvalue weighted by atomic mass is 10.1. The number of H-pyrrole nitrogens is 1. The summed E-state index contributed by atoms with van der Waals surface area (Å²) in [6.07, 6.45) is 0. The van der Waals surface area contributed by atoms with E-state index in [-0.39, 0.29) is 5.02 Å². The summed E-state index contributed by atoms with van der Waals surface area (Å²) < 4.78 is 13.4. The van der Waals surface area contributed by atoms with E-state index in [0.29, 0.717) is 0 Å². The monoisotopic (exact) mass is 244 g/mol. The average molecular weight is 245 g/mol. The van der Waals surface area contributed by atoms with Gasteiger partial charge in [0.1, 0.15) is 5.82 Å². The Kier molecular flexibility index (Phi) is 2.37. The highest BCUT2D eigenvalue weighted by Gasteiger charge is 2.06. The van der Waals surface area contributed by atoms with Gasteiger partial charge in [-0.05, 0) is 36.4 Å². The third-order valence-electron chi connectivity index (χ3n) is 2.70. The molecule has 0 saturated carbocycles. The topological polar surface area (TPSA) is 15.8 Å². The molecular formula is C14H8ClFN. The Bertz CT molecular complexity index is 655. The van der Waals surface area contributed by atoms with Crippen LogP contribution in [0.3, 0.4) is 0 Å². The lowest BCUT2D eigenvalue weighted by Crippen LogP contribution is -1.81. The summed E-state index contributed by atoms with van der Waals surface area (Å²) in [6, 6.07) is 15.4. The SMILES string of the molecule is Fc1cc(-c2cc3c[c]ccc3[nH]2)ccc1Cl. The Hall–Kier alpha value is -1.80. The summed E-state index contributed by atoms with van der Waals surface area (Å²) in [4.78, 5) is 3.23.